The molecule has 4 rings (SSSR count). The number of ether oxygens (including phenoxy) is 1. The summed E-state index contributed by atoms with van der Waals surface area (Å²) in [5, 5.41) is 0.805. The summed E-state index contributed by atoms with van der Waals surface area (Å²) in [5.74, 6) is -0.791. The molecule has 1 aromatic heterocycles. The van der Waals surface area contributed by atoms with E-state index >= 15 is 0 Å². The van der Waals surface area contributed by atoms with Gasteiger partial charge in [0.2, 0.25) is 5.78 Å². The average molecular weight is 355 g/mol. The molecule has 4 nitrogen and oxygen atoms in total. The number of rotatable bonds is 5. The van der Waals surface area contributed by atoms with Crippen molar-refractivity contribution in [3.05, 3.63) is 108 Å². The lowest BCUT2D eigenvalue weighted by Crippen LogP contribution is -2.20. The Morgan fingerprint density at radius 2 is 1.41 bits per heavy atom. The Morgan fingerprint density at radius 1 is 0.778 bits per heavy atom. The van der Waals surface area contributed by atoms with Crippen molar-refractivity contribution in [2.24, 2.45) is 0 Å². The number of esters is 1. The normalized spacial score (nSPS) is 11.9. The number of H-pyrrole nitrogens is 1. The first-order valence-electron chi connectivity index (χ1n) is 8.65. The molecule has 0 amide bonds. The molecule has 27 heavy (non-hydrogen) atoms. The maximum absolute atomic E-state index is 13.3. The number of aromatic amines is 1. The summed E-state index contributed by atoms with van der Waals surface area (Å²) in [5.41, 5.74) is 2.41. The van der Waals surface area contributed by atoms with Crippen LogP contribution in [-0.2, 0) is 4.74 Å². The van der Waals surface area contributed by atoms with Crippen LogP contribution in [0.4, 0.5) is 0 Å². The zero-order chi connectivity index (χ0) is 18.6. The van der Waals surface area contributed by atoms with E-state index in [4.69, 9.17) is 4.74 Å². The van der Waals surface area contributed by atoms with Crippen LogP contribution in [0, 0.1) is 0 Å². The fourth-order valence-electron chi connectivity index (χ4n) is 3.07. The van der Waals surface area contributed by atoms with Gasteiger partial charge in [-0.25, -0.2) is 4.79 Å². The van der Waals surface area contributed by atoms with Crippen LogP contribution in [0.1, 0.15) is 32.4 Å². The summed E-state index contributed by atoms with van der Waals surface area (Å²) in [7, 11) is 0. The molecule has 4 heteroatoms. The van der Waals surface area contributed by atoms with E-state index in [2.05, 4.69) is 4.98 Å². The predicted molar refractivity (Wildman–Crippen MR) is 104 cm³/mol. The van der Waals surface area contributed by atoms with Gasteiger partial charge in [-0.05, 0) is 18.2 Å². The molecule has 4 aromatic rings. The lowest BCUT2D eigenvalue weighted by Gasteiger charge is -2.17. The number of fused-ring (bicyclic) bond motifs is 1. The number of carbonyl (C=O) groups excluding carboxylic acids is 2. The van der Waals surface area contributed by atoms with E-state index in [1.165, 1.54) is 0 Å². The highest BCUT2D eigenvalue weighted by Gasteiger charge is 2.28. The SMILES string of the molecule is O=C(OC(C(=O)c1c[nH]c2ccccc12)c1ccccc1)c1ccccc1. The molecule has 1 N–H and O–H groups in total. The van der Waals surface area contributed by atoms with Gasteiger partial charge in [0.15, 0.2) is 6.10 Å². The predicted octanol–water partition coefficient (Wildman–Crippen LogP) is 4.95. The van der Waals surface area contributed by atoms with E-state index in [-0.39, 0.29) is 5.78 Å². The van der Waals surface area contributed by atoms with Crippen LogP contribution in [0.15, 0.2) is 91.1 Å². The molecule has 1 unspecified atom stereocenters. The van der Waals surface area contributed by atoms with Crippen LogP contribution in [-0.4, -0.2) is 16.7 Å². The van der Waals surface area contributed by atoms with E-state index in [1.54, 1.807) is 42.6 Å². The summed E-state index contributed by atoms with van der Waals surface area (Å²) < 4.78 is 5.65. The molecule has 0 saturated heterocycles. The van der Waals surface area contributed by atoms with E-state index < -0.39 is 12.1 Å². The van der Waals surface area contributed by atoms with Crippen LogP contribution in [0.2, 0.25) is 0 Å². The highest BCUT2D eigenvalue weighted by atomic mass is 16.5. The van der Waals surface area contributed by atoms with Gasteiger partial charge in [0.1, 0.15) is 0 Å². The van der Waals surface area contributed by atoms with Gasteiger partial charge in [-0.15, -0.1) is 0 Å². The molecule has 0 fully saturated rings. The number of Topliss-reactive ketones (excluding diaryl/α,β-unsaturated/α-hetero) is 1. The van der Waals surface area contributed by atoms with Crippen molar-refractivity contribution in [3.63, 3.8) is 0 Å². The number of hydrogen-bond donors (Lipinski definition) is 1. The topological polar surface area (TPSA) is 59.2 Å². The second-order valence-corrected chi connectivity index (χ2v) is 6.17. The van der Waals surface area contributed by atoms with E-state index in [9.17, 15) is 9.59 Å². The minimum absolute atomic E-state index is 0.261. The zero-order valence-corrected chi connectivity index (χ0v) is 14.5. The Bertz CT molecular complexity index is 1080. The summed E-state index contributed by atoms with van der Waals surface area (Å²) in [6, 6.07) is 25.3. The van der Waals surface area contributed by atoms with Crippen molar-refractivity contribution in [1.82, 2.24) is 4.98 Å². The second-order valence-electron chi connectivity index (χ2n) is 6.17. The van der Waals surface area contributed by atoms with Crippen LogP contribution in [0.25, 0.3) is 10.9 Å². The maximum atomic E-state index is 13.3. The molecule has 0 aliphatic rings. The standard InChI is InChI=1S/C23H17NO3/c25-21(19-15-24-20-14-8-7-13-18(19)20)22(16-9-3-1-4-10-16)27-23(26)17-11-5-2-6-12-17/h1-15,22,24H. The second kappa shape index (κ2) is 7.30. The van der Waals surface area contributed by atoms with Gasteiger partial charge in [-0.2, -0.15) is 0 Å². The largest absolute Gasteiger partial charge is 0.445 e. The lowest BCUT2D eigenvalue weighted by atomic mass is 9.99. The Balaban J connectivity index is 1.72. The zero-order valence-electron chi connectivity index (χ0n) is 14.5. The average Bonchev–Trinajstić information content (AvgIpc) is 3.17. The summed E-state index contributed by atoms with van der Waals surface area (Å²) in [4.78, 5) is 29.0. The first-order valence-corrected chi connectivity index (χ1v) is 8.65. The Hall–Kier alpha value is -3.66. The van der Waals surface area contributed by atoms with E-state index in [1.807, 2.05) is 48.5 Å². The molecular formula is C23H17NO3. The van der Waals surface area contributed by atoms with Gasteiger partial charge in [-0.1, -0.05) is 66.7 Å². The first kappa shape index (κ1) is 16.8. The fourth-order valence-corrected chi connectivity index (χ4v) is 3.07. The molecule has 132 valence electrons. The van der Waals surface area contributed by atoms with Crippen molar-refractivity contribution in [1.29, 1.82) is 0 Å². The van der Waals surface area contributed by atoms with E-state index in [0.717, 1.165) is 10.9 Å². The van der Waals surface area contributed by atoms with Crippen molar-refractivity contribution in [2.45, 2.75) is 6.10 Å². The molecular weight excluding hydrogens is 338 g/mol. The van der Waals surface area contributed by atoms with Crippen molar-refractivity contribution < 1.29 is 14.3 Å². The third-order valence-corrected chi connectivity index (χ3v) is 4.43. The van der Waals surface area contributed by atoms with E-state index in [0.29, 0.717) is 16.7 Å². The minimum atomic E-state index is -1.02. The van der Waals surface area contributed by atoms with Crippen LogP contribution >= 0.6 is 0 Å². The molecule has 3 aromatic carbocycles. The third-order valence-electron chi connectivity index (χ3n) is 4.43. The van der Waals surface area contributed by atoms with Crippen LogP contribution in [0.5, 0.6) is 0 Å². The highest BCUT2D eigenvalue weighted by molar-refractivity contribution is 6.11. The quantitative estimate of drug-likeness (QED) is 0.407. The molecule has 1 heterocycles. The molecule has 0 radical (unpaired) electrons. The van der Waals surface area contributed by atoms with Gasteiger partial charge in [0.25, 0.3) is 0 Å². The molecule has 0 spiro atoms. The molecule has 0 aliphatic heterocycles. The number of para-hydroxylation sites is 1. The van der Waals surface area contributed by atoms with Crippen LogP contribution in [0.3, 0.4) is 0 Å². The van der Waals surface area contributed by atoms with Crippen molar-refractivity contribution in [3.8, 4) is 0 Å². The first-order chi connectivity index (χ1) is 13.2. The molecule has 1 atom stereocenters. The highest BCUT2D eigenvalue weighted by Crippen LogP contribution is 2.28. The maximum Gasteiger partial charge on any atom is 0.339 e. The number of hydrogen-bond acceptors (Lipinski definition) is 3. The van der Waals surface area contributed by atoms with Crippen molar-refractivity contribution >= 4 is 22.7 Å². The monoisotopic (exact) mass is 355 g/mol. The number of carbonyl (C=O) groups is 2. The number of benzene rings is 3. The number of aromatic nitrogens is 1. The van der Waals surface area contributed by atoms with Crippen LogP contribution < -0.4 is 0 Å². The summed E-state index contributed by atoms with van der Waals surface area (Å²) >= 11 is 0. The third kappa shape index (κ3) is 3.37. The van der Waals surface area contributed by atoms with Gasteiger partial charge in [0.05, 0.1) is 5.56 Å². The Morgan fingerprint density at radius 3 is 2.15 bits per heavy atom. The molecule has 0 bridgehead atoms. The summed E-state index contributed by atoms with van der Waals surface area (Å²) in [6.07, 6.45) is 0.650. The summed E-state index contributed by atoms with van der Waals surface area (Å²) in [6.45, 7) is 0. The van der Waals surface area contributed by atoms with Gasteiger partial charge >= 0.3 is 5.97 Å². The van der Waals surface area contributed by atoms with Gasteiger partial charge in [-0.3, -0.25) is 4.79 Å². The Labute approximate surface area is 156 Å². The smallest absolute Gasteiger partial charge is 0.339 e. The Kier molecular flexibility index (Phi) is 4.54. The van der Waals surface area contributed by atoms with Gasteiger partial charge < -0.3 is 9.72 Å². The fraction of sp³-hybridized carbons (Fsp3) is 0.0435. The lowest BCUT2D eigenvalue weighted by molar-refractivity contribution is 0.0280. The number of ketones is 1. The number of nitrogens with one attached hydrogen (secondary N) is 1. The minimum Gasteiger partial charge on any atom is -0.445 e. The molecule has 0 saturated carbocycles. The van der Waals surface area contributed by atoms with Gasteiger partial charge in [0, 0.05) is 28.2 Å². The molecule has 0 aliphatic carbocycles. The van der Waals surface area contributed by atoms with Crippen molar-refractivity contribution in [2.75, 3.05) is 0 Å².